The Morgan fingerprint density at radius 1 is 1.63 bits per heavy atom. The zero-order valence-corrected chi connectivity index (χ0v) is 10.6. The average molecular weight is 268 g/mol. The molecular weight excluding hydrogens is 252 g/mol. The van der Waals surface area contributed by atoms with Crippen LogP contribution in [0.3, 0.4) is 0 Å². The molecule has 0 radical (unpaired) electrons. The molecule has 104 valence electrons. The number of amides is 1. The first-order chi connectivity index (χ1) is 9.10. The van der Waals surface area contributed by atoms with Crippen LogP contribution in [0, 0.1) is 0 Å². The maximum absolute atomic E-state index is 11.8. The van der Waals surface area contributed by atoms with Crippen molar-refractivity contribution in [3.63, 3.8) is 0 Å². The molecule has 0 aromatic carbocycles. The van der Waals surface area contributed by atoms with Gasteiger partial charge in [0, 0.05) is 25.6 Å². The van der Waals surface area contributed by atoms with E-state index in [1.807, 2.05) is 0 Å². The van der Waals surface area contributed by atoms with Gasteiger partial charge in [0.1, 0.15) is 5.76 Å². The lowest BCUT2D eigenvalue weighted by atomic mass is 10.2. The van der Waals surface area contributed by atoms with Crippen molar-refractivity contribution in [3.05, 3.63) is 17.5 Å². The molecule has 2 N–H and O–H groups in total. The molecule has 1 aromatic rings. The number of carboxylic acid groups (broad SMARTS) is 1. The van der Waals surface area contributed by atoms with E-state index in [-0.39, 0.29) is 24.6 Å². The summed E-state index contributed by atoms with van der Waals surface area (Å²) in [5.74, 6) is -0.228. The molecule has 1 aromatic heterocycles. The molecule has 2 rings (SSSR count). The Kier molecular flexibility index (Phi) is 4.16. The molecule has 1 saturated carbocycles. The first-order valence-corrected chi connectivity index (χ1v) is 6.09. The Morgan fingerprint density at radius 2 is 2.37 bits per heavy atom. The van der Waals surface area contributed by atoms with Crippen LogP contribution in [0.5, 0.6) is 0 Å². The van der Waals surface area contributed by atoms with Gasteiger partial charge in [0.2, 0.25) is 0 Å². The fourth-order valence-corrected chi connectivity index (χ4v) is 1.69. The SMILES string of the molecule is COC(CNC(=O)c1cc(C2CC2)on1)CC(=O)O. The molecule has 1 amide bonds. The van der Waals surface area contributed by atoms with Crippen molar-refractivity contribution in [1.82, 2.24) is 10.5 Å². The number of rotatable bonds is 7. The van der Waals surface area contributed by atoms with Gasteiger partial charge < -0.3 is 19.7 Å². The van der Waals surface area contributed by atoms with Crippen LogP contribution < -0.4 is 5.32 Å². The van der Waals surface area contributed by atoms with Crippen molar-refractivity contribution in [2.75, 3.05) is 13.7 Å². The van der Waals surface area contributed by atoms with Crippen molar-refractivity contribution >= 4 is 11.9 Å². The topological polar surface area (TPSA) is 102 Å². The minimum absolute atomic E-state index is 0.118. The third kappa shape index (κ3) is 3.78. The van der Waals surface area contributed by atoms with E-state index in [0.29, 0.717) is 5.92 Å². The maximum Gasteiger partial charge on any atom is 0.306 e. The van der Waals surface area contributed by atoms with Gasteiger partial charge in [0.05, 0.1) is 12.5 Å². The van der Waals surface area contributed by atoms with Gasteiger partial charge >= 0.3 is 5.97 Å². The number of aliphatic carboxylic acids is 1. The van der Waals surface area contributed by atoms with Crippen LogP contribution in [0.1, 0.15) is 41.4 Å². The molecule has 1 aliphatic carbocycles. The molecule has 0 spiro atoms. The van der Waals surface area contributed by atoms with Gasteiger partial charge in [-0.2, -0.15) is 0 Å². The van der Waals surface area contributed by atoms with Crippen molar-refractivity contribution in [1.29, 1.82) is 0 Å². The molecule has 0 aliphatic heterocycles. The fraction of sp³-hybridized carbons (Fsp3) is 0.583. The summed E-state index contributed by atoms with van der Waals surface area (Å²) in [6.45, 7) is 0.118. The minimum Gasteiger partial charge on any atom is -0.481 e. The van der Waals surface area contributed by atoms with Crippen molar-refractivity contribution in [3.8, 4) is 0 Å². The number of nitrogens with zero attached hydrogens (tertiary/aromatic N) is 1. The zero-order valence-electron chi connectivity index (χ0n) is 10.6. The number of nitrogens with one attached hydrogen (secondary N) is 1. The monoisotopic (exact) mass is 268 g/mol. The van der Waals surface area contributed by atoms with Gasteiger partial charge in [-0.15, -0.1) is 0 Å². The van der Waals surface area contributed by atoms with E-state index >= 15 is 0 Å². The smallest absolute Gasteiger partial charge is 0.306 e. The number of hydrogen-bond donors (Lipinski definition) is 2. The van der Waals surface area contributed by atoms with Crippen LogP contribution in [0.2, 0.25) is 0 Å². The predicted molar refractivity (Wildman–Crippen MR) is 63.9 cm³/mol. The summed E-state index contributed by atoms with van der Waals surface area (Å²) >= 11 is 0. The van der Waals surface area contributed by atoms with E-state index in [1.165, 1.54) is 7.11 Å². The summed E-state index contributed by atoms with van der Waals surface area (Å²) in [5.41, 5.74) is 0.215. The van der Waals surface area contributed by atoms with E-state index in [4.69, 9.17) is 14.4 Å². The molecule has 19 heavy (non-hydrogen) atoms. The Balaban J connectivity index is 1.83. The number of aromatic nitrogens is 1. The molecule has 1 aliphatic rings. The molecule has 7 nitrogen and oxygen atoms in total. The van der Waals surface area contributed by atoms with E-state index < -0.39 is 12.1 Å². The van der Waals surface area contributed by atoms with Gasteiger partial charge in [-0.1, -0.05) is 5.16 Å². The van der Waals surface area contributed by atoms with Crippen LogP contribution in [0.4, 0.5) is 0 Å². The van der Waals surface area contributed by atoms with Crippen molar-refractivity contribution in [2.45, 2.75) is 31.3 Å². The van der Waals surface area contributed by atoms with Crippen LogP contribution in [-0.2, 0) is 9.53 Å². The molecular formula is C12H16N2O5. The number of carboxylic acids is 1. The van der Waals surface area contributed by atoms with E-state index in [9.17, 15) is 9.59 Å². The summed E-state index contributed by atoms with van der Waals surface area (Å²) in [7, 11) is 1.40. The summed E-state index contributed by atoms with van der Waals surface area (Å²) in [5, 5.41) is 14.9. The summed E-state index contributed by atoms with van der Waals surface area (Å²) in [6.07, 6.45) is 1.42. The first-order valence-electron chi connectivity index (χ1n) is 6.09. The lowest BCUT2D eigenvalue weighted by molar-refractivity contribution is -0.139. The maximum atomic E-state index is 11.8. The Hall–Kier alpha value is -1.89. The van der Waals surface area contributed by atoms with Crippen LogP contribution >= 0.6 is 0 Å². The lowest BCUT2D eigenvalue weighted by Gasteiger charge is -2.12. The first kappa shape index (κ1) is 13.5. The van der Waals surface area contributed by atoms with Crippen LogP contribution in [0.25, 0.3) is 0 Å². The van der Waals surface area contributed by atoms with E-state index in [1.54, 1.807) is 6.07 Å². The summed E-state index contributed by atoms with van der Waals surface area (Å²) in [4.78, 5) is 22.3. The van der Waals surface area contributed by atoms with Crippen LogP contribution in [-0.4, -0.2) is 41.9 Å². The van der Waals surface area contributed by atoms with Crippen molar-refractivity contribution in [2.24, 2.45) is 0 Å². The number of ether oxygens (including phenoxy) is 1. The Morgan fingerprint density at radius 3 is 2.95 bits per heavy atom. The molecule has 1 fully saturated rings. The lowest BCUT2D eigenvalue weighted by Crippen LogP contribution is -2.34. The highest BCUT2D eigenvalue weighted by Crippen LogP contribution is 2.40. The number of methoxy groups -OCH3 is 1. The Labute approximate surface area is 109 Å². The van der Waals surface area contributed by atoms with Gasteiger partial charge in [-0.05, 0) is 12.8 Å². The minimum atomic E-state index is -0.974. The third-order valence-electron chi connectivity index (χ3n) is 2.97. The zero-order chi connectivity index (χ0) is 13.8. The van der Waals surface area contributed by atoms with Gasteiger partial charge in [-0.3, -0.25) is 9.59 Å². The van der Waals surface area contributed by atoms with E-state index in [0.717, 1.165) is 18.6 Å². The Bertz CT molecular complexity index is 466. The largest absolute Gasteiger partial charge is 0.481 e. The van der Waals surface area contributed by atoms with Gasteiger partial charge in [0.25, 0.3) is 5.91 Å². The quantitative estimate of drug-likeness (QED) is 0.757. The average Bonchev–Trinajstić information content (AvgIpc) is 3.11. The standard InChI is InChI=1S/C12H16N2O5/c1-18-8(4-11(15)16)6-13-12(17)9-5-10(19-14-9)7-2-3-7/h5,7-8H,2-4,6H2,1H3,(H,13,17)(H,15,16). The van der Waals surface area contributed by atoms with Crippen molar-refractivity contribution < 1.29 is 24.0 Å². The van der Waals surface area contributed by atoms with Crippen LogP contribution in [0.15, 0.2) is 10.6 Å². The summed E-state index contributed by atoms with van der Waals surface area (Å²) in [6, 6.07) is 1.63. The predicted octanol–water partition coefficient (Wildman–Crippen LogP) is 0.772. The van der Waals surface area contributed by atoms with Gasteiger partial charge in [-0.25, -0.2) is 0 Å². The molecule has 1 unspecified atom stereocenters. The molecule has 0 saturated heterocycles. The normalized spacial score (nSPS) is 16.1. The second-order valence-electron chi connectivity index (χ2n) is 4.55. The number of carbonyl (C=O) groups excluding carboxylic acids is 1. The molecule has 7 heteroatoms. The highest BCUT2D eigenvalue weighted by atomic mass is 16.5. The van der Waals surface area contributed by atoms with Gasteiger partial charge in [0.15, 0.2) is 5.69 Å². The fourth-order valence-electron chi connectivity index (χ4n) is 1.69. The van der Waals surface area contributed by atoms with E-state index in [2.05, 4.69) is 10.5 Å². The number of carbonyl (C=O) groups is 2. The molecule has 0 bridgehead atoms. The summed E-state index contributed by atoms with van der Waals surface area (Å²) < 4.78 is 10.0. The molecule has 1 heterocycles. The second-order valence-corrected chi connectivity index (χ2v) is 4.55. The molecule has 1 atom stereocenters. The second kappa shape index (κ2) is 5.83. The highest BCUT2D eigenvalue weighted by molar-refractivity contribution is 5.92. The highest BCUT2D eigenvalue weighted by Gasteiger charge is 2.29. The third-order valence-corrected chi connectivity index (χ3v) is 2.97. The number of hydrogen-bond acceptors (Lipinski definition) is 5.